The lowest BCUT2D eigenvalue weighted by molar-refractivity contribution is 0.386. The van der Waals surface area contributed by atoms with E-state index in [1.54, 1.807) is 19.2 Å². The zero-order valence-electron chi connectivity index (χ0n) is 13.2. The molecule has 0 saturated heterocycles. The van der Waals surface area contributed by atoms with Crippen LogP contribution in [0.2, 0.25) is 0 Å². The van der Waals surface area contributed by atoms with Crippen LogP contribution >= 0.6 is 24.0 Å². The number of nitrogens with zero attached hydrogens (tertiary/aromatic N) is 2. The van der Waals surface area contributed by atoms with Crippen molar-refractivity contribution < 1.29 is 13.7 Å². The van der Waals surface area contributed by atoms with E-state index >= 15 is 0 Å². The molecule has 1 unspecified atom stereocenters. The number of ether oxygens (including phenoxy) is 1. The van der Waals surface area contributed by atoms with E-state index in [-0.39, 0.29) is 41.6 Å². The summed E-state index contributed by atoms with van der Waals surface area (Å²) in [6, 6.07) is 6.51. The van der Waals surface area contributed by atoms with E-state index in [2.05, 4.69) is 20.8 Å². The maximum Gasteiger partial charge on any atom is 0.191 e. The minimum absolute atomic E-state index is 0. The van der Waals surface area contributed by atoms with Crippen LogP contribution in [0.1, 0.15) is 24.2 Å². The number of rotatable bonds is 5. The first-order valence-corrected chi connectivity index (χ1v) is 6.84. The van der Waals surface area contributed by atoms with E-state index in [1.165, 1.54) is 19.4 Å². The molecule has 2 aromatic rings. The first kappa shape index (κ1) is 19.2. The number of hydrogen-bond acceptors (Lipinski definition) is 4. The predicted octanol–water partition coefficient (Wildman–Crippen LogP) is 2.87. The number of guanidine groups is 1. The van der Waals surface area contributed by atoms with E-state index in [4.69, 9.17) is 9.26 Å². The van der Waals surface area contributed by atoms with Gasteiger partial charge in [0.2, 0.25) is 0 Å². The van der Waals surface area contributed by atoms with Gasteiger partial charge < -0.3 is 19.9 Å². The molecule has 0 amide bonds. The molecule has 0 saturated carbocycles. The summed E-state index contributed by atoms with van der Waals surface area (Å²) in [5.41, 5.74) is 1.56. The van der Waals surface area contributed by atoms with Crippen molar-refractivity contribution >= 4 is 29.9 Å². The molecule has 0 spiro atoms. The Kier molecular flexibility index (Phi) is 7.79. The number of aliphatic imine (C=N–C) groups is 1. The Hall–Kier alpha value is -1.84. The molecule has 1 atom stereocenters. The maximum absolute atomic E-state index is 13.7. The summed E-state index contributed by atoms with van der Waals surface area (Å²) in [5, 5.41) is 10.1. The molecule has 1 aromatic carbocycles. The highest BCUT2D eigenvalue weighted by molar-refractivity contribution is 14.0. The molecular weight excluding hydrogens is 414 g/mol. The normalized spacial score (nSPS) is 12.3. The Labute approximate surface area is 151 Å². The largest absolute Gasteiger partial charge is 0.494 e. The Morgan fingerprint density at radius 3 is 2.78 bits per heavy atom. The molecule has 0 radical (unpaired) electrons. The van der Waals surface area contributed by atoms with Gasteiger partial charge in [-0.1, -0.05) is 11.2 Å². The number of nitrogens with one attached hydrogen (secondary N) is 2. The smallest absolute Gasteiger partial charge is 0.191 e. The van der Waals surface area contributed by atoms with Crippen molar-refractivity contribution in [3.8, 4) is 5.75 Å². The lowest BCUT2D eigenvalue weighted by atomic mass is 10.1. The molecule has 2 rings (SSSR count). The maximum atomic E-state index is 13.7. The van der Waals surface area contributed by atoms with Gasteiger partial charge in [0.1, 0.15) is 12.0 Å². The van der Waals surface area contributed by atoms with Crippen LogP contribution in [0.4, 0.5) is 4.39 Å². The van der Waals surface area contributed by atoms with Crippen LogP contribution in [-0.2, 0) is 6.54 Å². The predicted molar refractivity (Wildman–Crippen MR) is 96.6 cm³/mol. The van der Waals surface area contributed by atoms with Gasteiger partial charge in [0.25, 0.3) is 0 Å². The van der Waals surface area contributed by atoms with E-state index in [0.717, 1.165) is 11.3 Å². The van der Waals surface area contributed by atoms with Gasteiger partial charge in [-0.3, -0.25) is 4.99 Å². The van der Waals surface area contributed by atoms with Crippen molar-refractivity contribution in [1.29, 1.82) is 0 Å². The molecule has 1 aromatic heterocycles. The molecule has 23 heavy (non-hydrogen) atoms. The number of aromatic nitrogens is 1. The van der Waals surface area contributed by atoms with Crippen molar-refractivity contribution in [1.82, 2.24) is 15.8 Å². The second kappa shape index (κ2) is 9.33. The van der Waals surface area contributed by atoms with Crippen molar-refractivity contribution in [2.75, 3.05) is 14.2 Å². The van der Waals surface area contributed by atoms with Gasteiger partial charge in [-0.05, 0) is 24.6 Å². The fourth-order valence-corrected chi connectivity index (χ4v) is 1.94. The molecule has 0 aliphatic rings. The summed E-state index contributed by atoms with van der Waals surface area (Å²) in [6.07, 6.45) is 1.51. The lowest BCUT2D eigenvalue weighted by Gasteiger charge is -2.18. The zero-order valence-corrected chi connectivity index (χ0v) is 15.5. The second-order valence-corrected chi connectivity index (χ2v) is 4.68. The van der Waals surface area contributed by atoms with Crippen LogP contribution in [0.3, 0.4) is 0 Å². The number of hydrogen-bond donors (Lipinski definition) is 2. The molecule has 0 aliphatic carbocycles. The summed E-state index contributed by atoms with van der Waals surface area (Å²) in [6.45, 7) is 2.41. The summed E-state index contributed by atoms with van der Waals surface area (Å²) in [5.74, 6) is 0.426. The number of methoxy groups -OCH3 is 1. The summed E-state index contributed by atoms with van der Waals surface area (Å²) in [7, 11) is 3.11. The highest BCUT2D eigenvalue weighted by Crippen LogP contribution is 2.21. The SMILES string of the molecule is CN=C(NCc1ccon1)NC(C)c1ccc(OC)c(F)c1.I. The first-order valence-electron chi connectivity index (χ1n) is 6.84. The fraction of sp³-hybridized carbons (Fsp3) is 0.333. The zero-order chi connectivity index (χ0) is 15.9. The molecule has 6 nitrogen and oxygen atoms in total. The monoisotopic (exact) mass is 434 g/mol. The van der Waals surface area contributed by atoms with Crippen molar-refractivity contribution in [2.24, 2.45) is 4.99 Å². The van der Waals surface area contributed by atoms with E-state index in [1.807, 2.05) is 13.0 Å². The van der Waals surface area contributed by atoms with E-state index in [9.17, 15) is 4.39 Å². The summed E-state index contributed by atoms with van der Waals surface area (Å²) in [4.78, 5) is 4.13. The highest BCUT2D eigenvalue weighted by atomic mass is 127. The van der Waals surface area contributed by atoms with Gasteiger partial charge in [-0.15, -0.1) is 24.0 Å². The van der Waals surface area contributed by atoms with Gasteiger partial charge in [0.15, 0.2) is 17.5 Å². The standard InChI is InChI=1S/C15H19FN4O2.HI/c1-10(11-4-5-14(21-3)13(16)8-11)19-15(17-2)18-9-12-6-7-22-20-12;/h4-8,10H,9H2,1-3H3,(H2,17,18,19);1H. The van der Waals surface area contributed by atoms with Gasteiger partial charge in [0, 0.05) is 13.1 Å². The van der Waals surface area contributed by atoms with Crippen molar-refractivity contribution in [3.05, 3.63) is 47.6 Å². The van der Waals surface area contributed by atoms with Gasteiger partial charge >= 0.3 is 0 Å². The topological polar surface area (TPSA) is 71.7 Å². The third kappa shape index (κ3) is 5.38. The Bertz CT molecular complexity index is 634. The van der Waals surface area contributed by atoms with Crippen LogP contribution in [0.5, 0.6) is 5.75 Å². The molecule has 8 heteroatoms. The van der Waals surface area contributed by atoms with Gasteiger partial charge in [0.05, 0.1) is 19.7 Å². The Morgan fingerprint density at radius 1 is 1.43 bits per heavy atom. The molecule has 2 N–H and O–H groups in total. The molecule has 0 aliphatic heterocycles. The van der Waals surface area contributed by atoms with Crippen LogP contribution in [0.15, 0.2) is 40.0 Å². The highest BCUT2D eigenvalue weighted by Gasteiger charge is 2.11. The van der Waals surface area contributed by atoms with Crippen LogP contribution < -0.4 is 15.4 Å². The second-order valence-electron chi connectivity index (χ2n) is 4.68. The molecular formula is C15H20FIN4O2. The molecule has 126 valence electrons. The lowest BCUT2D eigenvalue weighted by Crippen LogP contribution is -2.38. The summed E-state index contributed by atoms with van der Waals surface area (Å²) >= 11 is 0. The number of halogens is 2. The molecule has 1 heterocycles. The third-order valence-electron chi connectivity index (χ3n) is 3.18. The first-order chi connectivity index (χ1) is 10.6. The van der Waals surface area contributed by atoms with Crippen LogP contribution in [-0.4, -0.2) is 25.3 Å². The van der Waals surface area contributed by atoms with Gasteiger partial charge in [-0.25, -0.2) is 4.39 Å². The van der Waals surface area contributed by atoms with Crippen molar-refractivity contribution in [3.63, 3.8) is 0 Å². The van der Waals surface area contributed by atoms with E-state index < -0.39 is 0 Å². The summed E-state index contributed by atoms with van der Waals surface area (Å²) < 4.78 is 23.4. The van der Waals surface area contributed by atoms with Gasteiger partial charge in [-0.2, -0.15) is 0 Å². The molecule has 0 bridgehead atoms. The Morgan fingerprint density at radius 2 is 2.22 bits per heavy atom. The minimum atomic E-state index is -0.390. The average Bonchev–Trinajstić information content (AvgIpc) is 3.04. The quantitative estimate of drug-likeness (QED) is 0.430. The van der Waals surface area contributed by atoms with Crippen molar-refractivity contribution in [2.45, 2.75) is 19.5 Å². The fourth-order valence-electron chi connectivity index (χ4n) is 1.94. The minimum Gasteiger partial charge on any atom is -0.494 e. The third-order valence-corrected chi connectivity index (χ3v) is 3.18. The molecule has 0 fully saturated rings. The van der Waals surface area contributed by atoms with Crippen LogP contribution in [0.25, 0.3) is 0 Å². The number of benzene rings is 1. The Balaban J connectivity index is 0.00000264. The van der Waals surface area contributed by atoms with E-state index in [0.29, 0.717) is 12.5 Å². The average molecular weight is 434 g/mol. The van der Waals surface area contributed by atoms with Crippen LogP contribution in [0, 0.1) is 5.82 Å².